The lowest BCUT2D eigenvalue weighted by molar-refractivity contribution is -0.132. The summed E-state index contributed by atoms with van der Waals surface area (Å²) in [6, 6.07) is 10.3. The minimum Gasteiger partial charge on any atom is -0.342 e. The molecule has 3 heteroatoms. The molecule has 2 nitrogen and oxygen atoms in total. The summed E-state index contributed by atoms with van der Waals surface area (Å²) in [6.45, 7) is 4.15. The summed E-state index contributed by atoms with van der Waals surface area (Å²) in [6.07, 6.45) is 3.09. The minimum atomic E-state index is 0.324. The van der Waals surface area contributed by atoms with Gasteiger partial charge in [0.15, 0.2) is 0 Å². The van der Waals surface area contributed by atoms with Gasteiger partial charge in [0.2, 0.25) is 5.91 Å². The van der Waals surface area contributed by atoms with Gasteiger partial charge in [-0.3, -0.25) is 4.79 Å². The molecule has 0 spiro atoms. The van der Waals surface area contributed by atoms with Gasteiger partial charge in [0.1, 0.15) is 0 Å². The molecule has 98 valence electrons. The van der Waals surface area contributed by atoms with E-state index < -0.39 is 0 Å². The fourth-order valence-electron chi connectivity index (χ4n) is 2.35. The van der Waals surface area contributed by atoms with Crippen LogP contribution in [0.3, 0.4) is 0 Å². The summed E-state index contributed by atoms with van der Waals surface area (Å²) < 4.78 is 0. The average Bonchev–Trinajstić information content (AvgIpc) is 2.40. The Labute approximate surface area is 114 Å². The number of nitrogens with zero attached hydrogens (tertiary/aromatic N) is 1. The van der Waals surface area contributed by atoms with E-state index in [0.29, 0.717) is 18.2 Å². The monoisotopic (exact) mass is 263 g/mol. The van der Waals surface area contributed by atoms with Crippen molar-refractivity contribution < 1.29 is 4.79 Å². The molecular formula is C15H21NOS. The van der Waals surface area contributed by atoms with Crippen molar-refractivity contribution in [2.45, 2.75) is 31.1 Å². The van der Waals surface area contributed by atoms with E-state index in [1.54, 1.807) is 11.8 Å². The van der Waals surface area contributed by atoms with E-state index in [1.165, 1.54) is 17.7 Å². The van der Waals surface area contributed by atoms with E-state index >= 15 is 0 Å². The second-order valence-electron chi connectivity index (χ2n) is 5.00. The van der Waals surface area contributed by atoms with Crippen LogP contribution in [0.5, 0.6) is 0 Å². The number of hydrogen-bond donors (Lipinski definition) is 0. The zero-order valence-corrected chi connectivity index (χ0v) is 11.8. The third-order valence-electron chi connectivity index (χ3n) is 3.34. The maximum atomic E-state index is 12.0. The first-order valence-electron chi connectivity index (χ1n) is 6.71. The Bertz CT molecular complexity index is 379. The normalized spacial score (nSPS) is 19.8. The number of thioether (sulfide) groups is 1. The molecule has 0 radical (unpaired) electrons. The van der Waals surface area contributed by atoms with Crippen LogP contribution in [0.2, 0.25) is 0 Å². The fraction of sp³-hybridized carbons (Fsp3) is 0.533. The molecule has 1 aliphatic heterocycles. The van der Waals surface area contributed by atoms with Gasteiger partial charge >= 0.3 is 0 Å². The van der Waals surface area contributed by atoms with Crippen molar-refractivity contribution in [1.82, 2.24) is 4.90 Å². The Kier molecular flexibility index (Phi) is 5.12. The number of likely N-dealkylation sites (tertiary alicyclic amines) is 1. The first kappa shape index (κ1) is 13.5. The Hall–Kier alpha value is -0.960. The van der Waals surface area contributed by atoms with Crippen molar-refractivity contribution in [2.75, 3.05) is 18.8 Å². The van der Waals surface area contributed by atoms with E-state index in [0.717, 1.165) is 18.8 Å². The molecule has 1 saturated heterocycles. The van der Waals surface area contributed by atoms with Crippen LogP contribution in [0.1, 0.15) is 26.2 Å². The number of carbonyl (C=O) groups excluding carboxylic acids is 1. The number of hydrogen-bond acceptors (Lipinski definition) is 2. The van der Waals surface area contributed by atoms with Crippen molar-refractivity contribution in [1.29, 1.82) is 0 Å². The maximum absolute atomic E-state index is 12.0. The van der Waals surface area contributed by atoms with E-state index in [2.05, 4.69) is 19.1 Å². The molecule has 1 aromatic rings. The van der Waals surface area contributed by atoms with Crippen molar-refractivity contribution in [3.63, 3.8) is 0 Å². The lowest BCUT2D eigenvalue weighted by Crippen LogP contribution is -2.39. The number of carbonyl (C=O) groups is 1. The predicted molar refractivity (Wildman–Crippen MR) is 76.8 cm³/mol. The van der Waals surface area contributed by atoms with Gasteiger partial charge in [0.05, 0.1) is 0 Å². The quantitative estimate of drug-likeness (QED) is 0.776. The van der Waals surface area contributed by atoms with Crippen LogP contribution in [0.15, 0.2) is 35.2 Å². The smallest absolute Gasteiger partial charge is 0.223 e. The van der Waals surface area contributed by atoms with Gasteiger partial charge in [-0.1, -0.05) is 25.1 Å². The summed E-state index contributed by atoms with van der Waals surface area (Å²) in [5.41, 5.74) is 0. The SMILES string of the molecule is CC1CCCN(C(=O)CCSc2ccccc2)C1. The largest absolute Gasteiger partial charge is 0.342 e. The molecule has 1 unspecified atom stereocenters. The molecule has 18 heavy (non-hydrogen) atoms. The first-order valence-corrected chi connectivity index (χ1v) is 7.70. The molecule has 0 saturated carbocycles. The zero-order valence-electron chi connectivity index (χ0n) is 11.0. The molecule has 1 fully saturated rings. The molecule has 1 aromatic carbocycles. The van der Waals surface area contributed by atoms with Crippen LogP contribution >= 0.6 is 11.8 Å². The van der Waals surface area contributed by atoms with Gasteiger partial charge in [-0.15, -0.1) is 11.8 Å². The van der Waals surface area contributed by atoms with Crippen LogP contribution in [-0.2, 0) is 4.79 Å². The molecule has 1 atom stereocenters. The summed E-state index contributed by atoms with van der Waals surface area (Å²) in [4.78, 5) is 15.3. The highest BCUT2D eigenvalue weighted by atomic mass is 32.2. The second kappa shape index (κ2) is 6.83. The van der Waals surface area contributed by atoms with Crippen molar-refractivity contribution in [2.24, 2.45) is 5.92 Å². The Morgan fingerprint density at radius 3 is 2.89 bits per heavy atom. The molecule has 0 N–H and O–H groups in total. The molecule has 0 bridgehead atoms. The van der Waals surface area contributed by atoms with Gasteiger partial charge in [-0.25, -0.2) is 0 Å². The minimum absolute atomic E-state index is 0.324. The number of piperidine rings is 1. The molecule has 0 aromatic heterocycles. The number of amides is 1. The van der Waals surface area contributed by atoms with Crippen LogP contribution in [0.4, 0.5) is 0 Å². The summed E-state index contributed by atoms with van der Waals surface area (Å²) in [7, 11) is 0. The average molecular weight is 263 g/mol. The molecule has 0 aliphatic carbocycles. The highest BCUT2D eigenvalue weighted by molar-refractivity contribution is 7.99. The lowest BCUT2D eigenvalue weighted by atomic mass is 10.0. The van der Waals surface area contributed by atoms with Crippen LogP contribution in [-0.4, -0.2) is 29.6 Å². The number of rotatable bonds is 4. The van der Waals surface area contributed by atoms with Crippen molar-refractivity contribution >= 4 is 17.7 Å². The standard InChI is InChI=1S/C15H21NOS/c1-13-6-5-10-16(12-13)15(17)9-11-18-14-7-3-2-4-8-14/h2-4,7-8,13H,5-6,9-12H2,1H3. The van der Waals surface area contributed by atoms with E-state index in [9.17, 15) is 4.79 Å². The van der Waals surface area contributed by atoms with Gasteiger partial charge < -0.3 is 4.90 Å². The summed E-state index contributed by atoms with van der Waals surface area (Å²) >= 11 is 1.77. The Balaban J connectivity index is 1.71. The molecule has 1 aliphatic rings. The summed E-state index contributed by atoms with van der Waals surface area (Å²) in [5, 5.41) is 0. The molecule has 2 rings (SSSR count). The van der Waals surface area contributed by atoms with E-state index in [1.807, 2.05) is 23.1 Å². The van der Waals surface area contributed by atoms with Gasteiger partial charge in [0.25, 0.3) is 0 Å². The van der Waals surface area contributed by atoms with Crippen LogP contribution in [0, 0.1) is 5.92 Å². The van der Waals surface area contributed by atoms with Crippen LogP contribution < -0.4 is 0 Å². The number of benzene rings is 1. The Morgan fingerprint density at radius 1 is 1.39 bits per heavy atom. The third-order valence-corrected chi connectivity index (χ3v) is 4.35. The Morgan fingerprint density at radius 2 is 2.17 bits per heavy atom. The fourth-order valence-corrected chi connectivity index (χ4v) is 3.21. The molecule has 1 heterocycles. The van der Waals surface area contributed by atoms with Crippen molar-refractivity contribution in [3.8, 4) is 0 Å². The third kappa shape index (κ3) is 4.05. The zero-order chi connectivity index (χ0) is 12.8. The maximum Gasteiger partial charge on any atom is 0.223 e. The highest BCUT2D eigenvalue weighted by Gasteiger charge is 2.20. The van der Waals surface area contributed by atoms with Gasteiger partial charge in [0, 0.05) is 30.2 Å². The summed E-state index contributed by atoms with van der Waals surface area (Å²) in [5.74, 6) is 1.88. The topological polar surface area (TPSA) is 20.3 Å². The van der Waals surface area contributed by atoms with E-state index in [4.69, 9.17) is 0 Å². The second-order valence-corrected chi connectivity index (χ2v) is 6.17. The lowest BCUT2D eigenvalue weighted by Gasteiger charge is -2.31. The van der Waals surface area contributed by atoms with Gasteiger partial charge in [-0.05, 0) is 30.9 Å². The molecule has 1 amide bonds. The van der Waals surface area contributed by atoms with E-state index in [-0.39, 0.29) is 0 Å². The highest BCUT2D eigenvalue weighted by Crippen LogP contribution is 2.20. The van der Waals surface area contributed by atoms with Gasteiger partial charge in [-0.2, -0.15) is 0 Å². The first-order chi connectivity index (χ1) is 8.75. The predicted octanol–water partition coefficient (Wildman–Crippen LogP) is 3.43. The molecular weight excluding hydrogens is 242 g/mol. The van der Waals surface area contributed by atoms with Crippen molar-refractivity contribution in [3.05, 3.63) is 30.3 Å². The van der Waals surface area contributed by atoms with Crippen LogP contribution in [0.25, 0.3) is 0 Å².